The van der Waals surface area contributed by atoms with Gasteiger partial charge in [0.2, 0.25) is 0 Å². The Balaban J connectivity index is 2.07. The van der Waals surface area contributed by atoms with Crippen molar-refractivity contribution in [3.05, 3.63) is 23.0 Å². The SMILES string of the molecule is Cc1cc(C(=O)N2CC(C)CC(C)C2)c2c(C)nn(C)c2n1. The summed E-state index contributed by atoms with van der Waals surface area (Å²) in [6.07, 6.45) is 1.19. The third-order valence-electron chi connectivity index (χ3n) is 4.48. The number of hydrogen-bond donors (Lipinski definition) is 0. The smallest absolute Gasteiger partial charge is 0.254 e. The van der Waals surface area contributed by atoms with Crippen LogP contribution in [0.3, 0.4) is 0 Å². The van der Waals surface area contributed by atoms with Crippen molar-refractivity contribution in [1.82, 2.24) is 19.7 Å². The summed E-state index contributed by atoms with van der Waals surface area (Å²) < 4.78 is 1.76. The first-order valence-corrected chi connectivity index (χ1v) is 7.97. The van der Waals surface area contributed by atoms with Gasteiger partial charge in [-0.2, -0.15) is 5.10 Å². The predicted octanol–water partition coefficient (Wildman–Crippen LogP) is 2.70. The molecular formula is C17H24N4O. The number of rotatable bonds is 1. The molecule has 3 rings (SSSR count). The molecule has 22 heavy (non-hydrogen) atoms. The molecule has 0 spiro atoms. The Hall–Kier alpha value is -1.91. The van der Waals surface area contributed by atoms with Crippen molar-refractivity contribution in [1.29, 1.82) is 0 Å². The molecule has 0 aromatic carbocycles. The molecule has 2 aromatic heterocycles. The third kappa shape index (κ3) is 2.49. The Morgan fingerprint density at radius 2 is 1.86 bits per heavy atom. The summed E-state index contributed by atoms with van der Waals surface area (Å²) in [7, 11) is 1.88. The fourth-order valence-electron chi connectivity index (χ4n) is 3.74. The average Bonchev–Trinajstić information content (AvgIpc) is 2.71. The first-order valence-electron chi connectivity index (χ1n) is 7.97. The lowest BCUT2D eigenvalue weighted by Gasteiger charge is -2.35. The van der Waals surface area contributed by atoms with Crippen LogP contribution in [0.5, 0.6) is 0 Å². The molecule has 0 radical (unpaired) electrons. The Kier molecular flexibility index (Phi) is 3.67. The lowest BCUT2D eigenvalue weighted by molar-refractivity contribution is 0.0625. The second kappa shape index (κ2) is 5.38. The largest absolute Gasteiger partial charge is 0.338 e. The standard InChI is InChI=1S/C17H24N4O/c1-10-6-11(2)9-21(8-10)17(22)14-7-12(3)18-16-15(14)13(4)19-20(16)5/h7,10-11H,6,8-9H2,1-5H3. The van der Waals surface area contributed by atoms with Gasteiger partial charge >= 0.3 is 0 Å². The van der Waals surface area contributed by atoms with E-state index in [0.29, 0.717) is 11.8 Å². The number of nitrogens with zero attached hydrogens (tertiary/aromatic N) is 4. The Labute approximate surface area is 131 Å². The summed E-state index contributed by atoms with van der Waals surface area (Å²) in [5.41, 5.74) is 3.26. The van der Waals surface area contributed by atoms with E-state index in [0.717, 1.165) is 41.1 Å². The zero-order chi connectivity index (χ0) is 16.0. The summed E-state index contributed by atoms with van der Waals surface area (Å²) in [6, 6.07) is 1.91. The minimum Gasteiger partial charge on any atom is -0.338 e. The number of carbonyl (C=O) groups is 1. The Morgan fingerprint density at radius 3 is 2.50 bits per heavy atom. The Morgan fingerprint density at radius 1 is 1.23 bits per heavy atom. The maximum Gasteiger partial charge on any atom is 0.254 e. The molecule has 2 unspecified atom stereocenters. The molecule has 1 saturated heterocycles. The van der Waals surface area contributed by atoms with Gasteiger partial charge in [0.1, 0.15) is 0 Å². The molecule has 0 bridgehead atoms. The van der Waals surface area contributed by atoms with E-state index in [9.17, 15) is 4.79 Å². The van der Waals surface area contributed by atoms with Gasteiger partial charge in [-0.1, -0.05) is 13.8 Å². The monoisotopic (exact) mass is 300 g/mol. The molecule has 1 aliphatic heterocycles. The van der Waals surface area contributed by atoms with Gasteiger partial charge in [-0.3, -0.25) is 9.48 Å². The number of pyridine rings is 1. The number of piperidine rings is 1. The van der Waals surface area contributed by atoms with Crippen LogP contribution >= 0.6 is 0 Å². The topological polar surface area (TPSA) is 51.0 Å². The summed E-state index contributed by atoms with van der Waals surface area (Å²) >= 11 is 0. The average molecular weight is 300 g/mol. The van der Waals surface area contributed by atoms with E-state index < -0.39 is 0 Å². The summed E-state index contributed by atoms with van der Waals surface area (Å²) in [5, 5.41) is 5.33. The van der Waals surface area contributed by atoms with Crippen LogP contribution in [-0.2, 0) is 7.05 Å². The van der Waals surface area contributed by atoms with E-state index in [1.807, 2.05) is 31.9 Å². The summed E-state index contributed by atoms with van der Waals surface area (Å²) in [4.78, 5) is 19.6. The van der Waals surface area contributed by atoms with E-state index in [1.54, 1.807) is 4.68 Å². The number of aromatic nitrogens is 3. The van der Waals surface area contributed by atoms with Crippen LogP contribution in [0.25, 0.3) is 11.0 Å². The molecule has 0 N–H and O–H groups in total. The van der Waals surface area contributed by atoms with Crippen LogP contribution in [0.1, 0.15) is 42.0 Å². The van der Waals surface area contributed by atoms with Crippen LogP contribution in [-0.4, -0.2) is 38.7 Å². The molecule has 2 aromatic rings. The predicted molar refractivity (Wildman–Crippen MR) is 86.8 cm³/mol. The molecular weight excluding hydrogens is 276 g/mol. The molecule has 1 amide bonds. The van der Waals surface area contributed by atoms with E-state index in [1.165, 1.54) is 6.42 Å². The van der Waals surface area contributed by atoms with Gasteiger partial charge in [-0.05, 0) is 38.2 Å². The second-order valence-corrected chi connectivity index (χ2v) is 6.88. The third-order valence-corrected chi connectivity index (χ3v) is 4.48. The van der Waals surface area contributed by atoms with Crippen molar-refractivity contribution in [2.75, 3.05) is 13.1 Å². The van der Waals surface area contributed by atoms with Gasteiger partial charge in [0.25, 0.3) is 5.91 Å². The number of carbonyl (C=O) groups excluding carboxylic acids is 1. The van der Waals surface area contributed by atoms with Gasteiger partial charge in [0.05, 0.1) is 16.6 Å². The van der Waals surface area contributed by atoms with E-state index in [2.05, 4.69) is 23.9 Å². The minimum absolute atomic E-state index is 0.116. The van der Waals surface area contributed by atoms with Crippen molar-refractivity contribution in [3.8, 4) is 0 Å². The lowest BCUT2D eigenvalue weighted by atomic mass is 9.91. The second-order valence-electron chi connectivity index (χ2n) is 6.88. The fourth-order valence-corrected chi connectivity index (χ4v) is 3.74. The molecule has 2 atom stereocenters. The van der Waals surface area contributed by atoms with Crippen molar-refractivity contribution >= 4 is 16.9 Å². The van der Waals surface area contributed by atoms with Gasteiger partial charge in [-0.25, -0.2) is 4.98 Å². The maximum atomic E-state index is 13.1. The Bertz CT molecular complexity index is 724. The van der Waals surface area contributed by atoms with Crippen LogP contribution in [0, 0.1) is 25.7 Å². The molecule has 3 heterocycles. The van der Waals surface area contributed by atoms with Gasteiger partial charge < -0.3 is 4.90 Å². The lowest BCUT2D eigenvalue weighted by Crippen LogP contribution is -2.42. The number of aryl methyl sites for hydroxylation is 3. The highest BCUT2D eigenvalue weighted by molar-refractivity contribution is 6.06. The van der Waals surface area contributed by atoms with Crippen LogP contribution in [0.2, 0.25) is 0 Å². The number of likely N-dealkylation sites (tertiary alicyclic amines) is 1. The normalized spacial score (nSPS) is 22.3. The van der Waals surface area contributed by atoms with Crippen molar-refractivity contribution in [2.24, 2.45) is 18.9 Å². The quantitative estimate of drug-likeness (QED) is 0.813. The number of fused-ring (bicyclic) bond motifs is 1. The maximum absolute atomic E-state index is 13.1. The molecule has 5 nitrogen and oxygen atoms in total. The fraction of sp³-hybridized carbons (Fsp3) is 0.588. The van der Waals surface area contributed by atoms with E-state index in [-0.39, 0.29) is 5.91 Å². The highest BCUT2D eigenvalue weighted by atomic mass is 16.2. The van der Waals surface area contributed by atoms with Gasteiger partial charge in [-0.15, -0.1) is 0 Å². The highest BCUT2D eigenvalue weighted by Crippen LogP contribution is 2.26. The molecule has 0 saturated carbocycles. The molecule has 1 aliphatic rings. The minimum atomic E-state index is 0.116. The van der Waals surface area contributed by atoms with E-state index >= 15 is 0 Å². The summed E-state index contributed by atoms with van der Waals surface area (Å²) in [5.74, 6) is 1.23. The van der Waals surface area contributed by atoms with Crippen molar-refractivity contribution in [3.63, 3.8) is 0 Å². The first kappa shape index (κ1) is 15.0. The summed E-state index contributed by atoms with van der Waals surface area (Å²) in [6.45, 7) is 9.99. The number of amides is 1. The first-order chi connectivity index (χ1) is 10.4. The van der Waals surface area contributed by atoms with Crippen molar-refractivity contribution < 1.29 is 4.79 Å². The van der Waals surface area contributed by atoms with Crippen LogP contribution < -0.4 is 0 Å². The van der Waals surface area contributed by atoms with Gasteiger partial charge in [0.15, 0.2) is 5.65 Å². The molecule has 1 fully saturated rings. The molecule has 5 heteroatoms. The van der Waals surface area contributed by atoms with Crippen molar-refractivity contribution in [2.45, 2.75) is 34.1 Å². The zero-order valence-electron chi connectivity index (χ0n) is 14.1. The molecule has 0 aliphatic carbocycles. The van der Waals surface area contributed by atoms with Crippen LogP contribution in [0.4, 0.5) is 0 Å². The number of hydrogen-bond acceptors (Lipinski definition) is 3. The van der Waals surface area contributed by atoms with Gasteiger partial charge in [0, 0.05) is 25.8 Å². The highest BCUT2D eigenvalue weighted by Gasteiger charge is 2.28. The van der Waals surface area contributed by atoms with E-state index in [4.69, 9.17) is 0 Å². The zero-order valence-corrected chi connectivity index (χ0v) is 14.1. The molecule has 118 valence electrons. The van der Waals surface area contributed by atoms with Crippen LogP contribution in [0.15, 0.2) is 6.07 Å².